The fourth-order valence-electron chi connectivity index (χ4n) is 1.79. The van der Waals surface area contributed by atoms with E-state index in [2.05, 4.69) is 5.32 Å². The summed E-state index contributed by atoms with van der Waals surface area (Å²) < 4.78 is 23.5. The predicted molar refractivity (Wildman–Crippen MR) is 60.4 cm³/mol. The van der Waals surface area contributed by atoms with Crippen LogP contribution >= 0.6 is 0 Å². The maximum atomic E-state index is 11.7. The summed E-state index contributed by atoms with van der Waals surface area (Å²) in [5, 5.41) is 3.00. The smallest absolute Gasteiger partial charge is 0.156 e. The minimum Gasteiger partial charge on any atom is -0.308 e. The molecule has 2 atom stereocenters. The Hall–Kier alpha value is -0.870. The molecule has 0 saturated carbocycles. The fourth-order valence-corrected chi connectivity index (χ4v) is 3.24. The molecule has 1 saturated heterocycles. The molecule has 0 spiro atoms. The zero-order chi connectivity index (χ0) is 10.9. The molecule has 1 fully saturated rings. The summed E-state index contributed by atoms with van der Waals surface area (Å²) >= 11 is 0. The standard InChI is InChI=1S/C11H15NO2S/c1-9-7-12-11(8-15(9,13)14)10-5-3-2-4-6-10/h2-6,9,11-12H,7-8H2,1H3. The highest BCUT2D eigenvalue weighted by molar-refractivity contribution is 7.92. The molecule has 1 aliphatic rings. The number of benzene rings is 1. The molecule has 4 heteroatoms. The topological polar surface area (TPSA) is 46.2 Å². The molecule has 0 radical (unpaired) electrons. The van der Waals surface area contributed by atoms with Crippen LogP contribution in [0.4, 0.5) is 0 Å². The van der Waals surface area contributed by atoms with Gasteiger partial charge in [0.25, 0.3) is 0 Å². The van der Waals surface area contributed by atoms with Crippen molar-refractivity contribution in [1.29, 1.82) is 0 Å². The van der Waals surface area contributed by atoms with Gasteiger partial charge in [0.1, 0.15) is 0 Å². The third kappa shape index (κ3) is 2.21. The van der Waals surface area contributed by atoms with Crippen molar-refractivity contribution in [3.05, 3.63) is 35.9 Å². The highest BCUT2D eigenvalue weighted by atomic mass is 32.2. The number of hydrogen-bond donors (Lipinski definition) is 1. The largest absolute Gasteiger partial charge is 0.308 e. The van der Waals surface area contributed by atoms with Crippen molar-refractivity contribution in [3.63, 3.8) is 0 Å². The molecule has 15 heavy (non-hydrogen) atoms. The van der Waals surface area contributed by atoms with E-state index < -0.39 is 9.84 Å². The lowest BCUT2D eigenvalue weighted by Crippen LogP contribution is -2.44. The van der Waals surface area contributed by atoms with Crippen molar-refractivity contribution in [2.24, 2.45) is 0 Å². The molecule has 0 aliphatic carbocycles. The zero-order valence-electron chi connectivity index (χ0n) is 8.68. The number of sulfone groups is 1. The number of hydrogen-bond acceptors (Lipinski definition) is 3. The second-order valence-electron chi connectivity index (χ2n) is 4.01. The summed E-state index contributed by atoms with van der Waals surface area (Å²) in [6.45, 7) is 2.30. The first kappa shape index (κ1) is 10.6. The van der Waals surface area contributed by atoms with E-state index in [1.54, 1.807) is 6.92 Å². The Balaban J connectivity index is 2.21. The van der Waals surface area contributed by atoms with Gasteiger partial charge < -0.3 is 5.32 Å². The lowest BCUT2D eigenvalue weighted by molar-refractivity contribution is 0.502. The van der Waals surface area contributed by atoms with Crippen LogP contribution in [0.15, 0.2) is 30.3 Å². The van der Waals surface area contributed by atoms with E-state index in [0.717, 1.165) is 5.56 Å². The molecule has 1 aromatic carbocycles. The highest BCUT2D eigenvalue weighted by Crippen LogP contribution is 2.21. The maximum absolute atomic E-state index is 11.7. The third-order valence-corrected chi connectivity index (χ3v) is 5.06. The molecule has 1 aromatic rings. The van der Waals surface area contributed by atoms with Crippen molar-refractivity contribution < 1.29 is 8.42 Å². The number of nitrogens with one attached hydrogen (secondary N) is 1. The van der Waals surface area contributed by atoms with E-state index in [0.29, 0.717) is 6.54 Å². The second-order valence-corrected chi connectivity index (χ2v) is 6.48. The Morgan fingerprint density at radius 1 is 1.27 bits per heavy atom. The van der Waals surface area contributed by atoms with Crippen LogP contribution in [0.3, 0.4) is 0 Å². The van der Waals surface area contributed by atoms with Crippen molar-refractivity contribution in [2.75, 3.05) is 12.3 Å². The van der Waals surface area contributed by atoms with Crippen molar-refractivity contribution in [2.45, 2.75) is 18.2 Å². The lowest BCUT2D eigenvalue weighted by atomic mass is 10.1. The molecular weight excluding hydrogens is 210 g/mol. The average molecular weight is 225 g/mol. The Bertz CT molecular complexity index is 427. The van der Waals surface area contributed by atoms with Crippen LogP contribution in [0.2, 0.25) is 0 Å². The van der Waals surface area contributed by atoms with Crippen molar-refractivity contribution >= 4 is 9.84 Å². The second kappa shape index (κ2) is 3.94. The Labute approximate surface area is 90.4 Å². The van der Waals surface area contributed by atoms with E-state index in [1.807, 2.05) is 30.3 Å². The van der Waals surface area contributed by atoms with Gasteiger partial charge in [-0.3, -0.25) is 0 Å². The molecule has 82 valence electrons. The summed E-state index contributed by atoms with van der Waals surface area (Å²) in [6, 6.07) is 9.67. The molecule has 0 bridgehead atoms. The van der Waals surface area contributed by atoms with Gasteiger partial charge >= 0.3 is 0 Å². The number of rotatable bonds is 1. The SMILES string of the molecule is CC1CNC(c2ccccc2)CS1(=O)=O. The van der Waals surface area contributed by atoms with Crippen LogP contribution in [0.25, 0.3) is 0 Å². The predicted octanol–water partition coefficient (Wildman–Crippen LogP) is 1.13. The minimum absolute atomic E-state index is 0.0487. The molecule has 1 N–H and O–H groups in total. The van der Waals surface area contributed by atoms with Crippen molar-refractivity contribution in [3.8, 4) is 0 Å². The van der Waals surface area contributed by atoms with Crippen LogP contribution in [-0.4, -0.2) is 26.0 Å². The van der Waals surface area contributed by atoms with Gasteiger partial charge in [-0.15, -0.1) is 0 Å². The summed E-state index contributed by atoms with van der Waals surface area (Å²) in [5.41, 5.74) is 1.05. The van der Waals surface area contributed by atoms with Gasteiger partial charge in [-0.05, 0) is 12.5 Å². The first-order valence-electron chi connectivity index (χ1n) is 5.09. The minimum atomic E-state index is -2.92. The van der Waals surface area contributed by atoms with E-state index in [4.69, 9.17) is 0 Å². The first-order chi connectivity index (χ1) is 7.09. The normalized spacial score (nSPS) is 29.9. The van der Waals surface area contributed by atoms with Crippen LogP contribution in [0.5, 0.6) is 0 Å². The third-order valence-electron chi connectivity index (χ3n) is 2.87. The molecule has 2 unspecified atom stereocenters. The monoisotopic (exact) mass is 225 g/mol. The average Bonchev–Trinajstić information content (AvgIpc) is 2.23. The molecule has 1 aliphatic heterocycles. The molecule has 3 nitrogen and oxygen atoms in total. The summed E-state index contributed by atoms with van der Waals surface area (Å²) in [5.74, 6) is 0.207. The van der Waals surface area contributed by atoms with Gasteiger partial charge in [0.05, 0.1) is 11.0 Å². The molecule has 1 heterocycles. The molecule has 0 aromatic heterocycles. The zero-order valence-corrected chi connectivity index (χ0v) is 9.50. The van der Waals surface area contributed by atoms with E-state index in [9.17, 15) is 8.42 Å². The first-order valence-corrected chi connectivity index (χ1v) is 6.81. The van der Waals surface area contributed by atoms with E-state index in [-0.39, 0.29) is 17.0 Å². The quantitative estimate of drug-likeness (QED) is 0.779. The van der Waals surface area contributed by atoms with Crippen molar-refractivity contribution in [1.82, 2.24) is 5.32 Å². The highest BCUT2D eigenvalue weighted by Gasteiger charge is 2.31. The maximum Gasteiger partial charge on any atom is 0.156 e. The molecule has 0 amide bonds. The molecular formula is C11H15NO2S. The Morgan fingerprint density at radius 3 is 2.53 bits per heavy atom. The van der Waals surface area contributed by atoms with Gasteiger partial charge in [-0.2, -0.15) is 0 Å². The molecule has 2 rings (SSSR count). The lowest BCUT2D eigenvalue weighted by Gasteiger charge is -2.28. The Kier molecular flexibility index (Phi) is 2.80. The van der Waals surface area contributed by atoms with Gasteiger partial charge in [0.15, 0.2) is 9.84 Å². The summed E-state index contributed by atoms with van der Waals surface area (Å²) in [4.78, 5) is 0. The van der Waals surface area contributed by atoms with Gasteiger partial charge in [0, 0.05) is 12.6 Å². The fraction of sp³-hybridized carbons (Fsp3) is 0.455. The Morgan fingerprint density at radius 2 is 1.93 bits per heavy atom. The van der Waals surface area contributed by atoms with E-state index >= 15 is 0 Å². The van der Waals surface area contributed by atoms with Crippen LogP contribution in [0.1, 0.15) is 18.5 Å². The van der Waals surface area contributed by atoms with Gasteiger partial charge in [-0.25, -0.2) is 8.42 Å². The van der Waals surface area contributed by atoms with Gasteiger partial charge in [0.2, 0.25) is 0 Å². The van der Waals surface area contributed by atoms with Gasteiger partial charge in [-0.1, -0.05) is 30.3 Å². The van der Waals surface area contributed by atoms with E-state index in [1.165, 1.54) is 0 Å². The summed E-state index contributed by atoms with van der Waals surface area (Å²) in [7, 11) is -2.92. The van der Waals surface area contributed by atoms with Crippen LogP contribution in [-0.2, 0) is 9.84 Å². The van der Waals surface area contributed by atoms with Crippen LogP contribution < -0.4 is 5.32 Å². The summed E-state index contributed by atoms with van der Waals surface area (Å²) in [6.07, 6.45) is 0. The van der Waals surface area contributed by atoms with Crippen LogP contribution in [0, 0.1) is 0 Å².